The molecule has 190 valence electrons. The van der Waals surface area contributed by atoms with E-state index in [2.05, 4.69) is 20.1 Å². The zero-order chi connectivity index (χ0) is 26.2. The second kappa shape index (κ2) is 9.47. The molecule has 0 saturated carbocycles. The minimum atomic E-state index is -5.08. The van der Waals surface area contributed by atoms with Gasteiger partial charge in [0.25, 0.3) is 11.9 Å². The molecule has 0 fully saturated rings. The van der Waals surface area contributed by atoms with Crippen LogP contribution in [-0.4, -0.2) is 60.2 Å². The Bertz CT molecular complexity index is 1160. The normalized spacial score (nSPS) is 14.0. The highest BCUT2D eigenvalue weighted by Gasteiger charge is 2.39. The summed E-state index contributed by atoms with van der Waals surface area (Å²) >= 11 is 0. The number of benzene rings is 1. The SMILES string of the molecule is CC(c1ncnn1-c1ncccn1)N(CS(C)(C)C)C(=O)c1cc(C(F)(F)F)cc(C(F)(F)F)c1. The van der Waals surface area contributed by atoms with Gasteiger partial charge >= 0.3 is 12.4 Å². The van der Waals surface area contributed by atoms with Crippen LogP contribution in [0.15, 0.2) is 43.0 Å². The van der Waals surface area contributed by atoms with Crippen molar-refractivity contribution in [2.75, 3.05) is 24.6 Å². The zero-order valence-electron chi connectivity index (χ0n) is 19.1. The van der Waals surface area contributed by atoms with Gasteiger partial charge in [0.05, 0.1) is 23.0 Å². The highest BCUT2D eigenvalue weighted by molar-refractivity contribution is 8.32. The third-order valence-corrected chi connectivity index (χ3v) is 5.83. The van der Waals surface area contributed by atoms with Crippen molar-refractivity contribution in [3.05, 3.63) is 65.5 Å². The average Bonchev–Trinajstić information content (AvgIpc) is 3.25. The molecule has 0 spiro atoms. The summed E-state index contributed by atoms with van der Waals surface area (Å²) < 4.78 is 81.5. The van der Waals surface area contributed by atoms with Crippen LogP contribution in [0.5, 0.6) is 0 Å². The number of hydrogen-bond donors (Lipinski definition) is 0. The molecule has 2 aromatic heterocycles. The summed E-state index contributed by atoms with van der Waals surface area (Å²) in [7, 11) is -1.50. The van der Waals surface area contributed by atoms with Crippen LogP contribution in [0.1, 0.15) is 40.3 Å². The molecular formula is C21H22F6N6OS. The number of aromatic nitrogens is 5. The lowest BCUT2D eigenvalue weighted by atomic mass is 10.0. The van der Waals surface area contributed by atoms with E-state index in [4.69, 9.17) is 0 Å². The molecule has 0 saturated heterocycles. The molecule has 14 heteroatoms. The first-order chi connectivity index (χ1) is 16.1. The minimum Gasteiger partial charge on any atom is -0.321 e. The molecule has 7 nitrogen and oxygen atoms in total. The maximum absolute atomic E-state index is 13.5. The number of halogens is 6. The van der Waals surface area contributed by atoms with Crippen LogP contribution in [0.4, 0.5) is 26.3 Å². The molecule has 0 bridgehead atoms. The van der Waals surface area contributed by atoms with E-state index in [1.54, 1.807) is 13.0 Å². The summed E-state index contributed by atoms with van der Waals surface area (Å²) in [5.74, 6) is -0.593. The monoisotopic (exact) mass is 520 g/mol. The lowest BCUT2D eigenvalue weighted by Gasteiger charge is -2.37. The van der Waals surface area contributed by atoms with Gasteiger partial charge in [-0.2, -0.15) is 36.1 Å². The van der Waals surface area contributed by atoms with Gasteiger partial charge in [0.2, 0.25) is 0 Å². The van der Waals surface area contributed by atoms with Crippen LogP contribution in [0.25, 0.3) is 5.95 Å². The molecule has 3 rings (SSSR count). The molecule has 1 amide bonds. The lowest BCUT2D eigenvalue weighted by molar-refractivity contribution is -0.143. The fraction of sp³-hybridized carbons (Fsp3) is 0.381. The van der Waals surface area contributed by atoms with Gasteiger partial charge in [-0.1, -0.05) is 0 Å². The topological polar surface area (TPSA) is 76.8 Å². The van der Waals surface area contributed by atoms with Crippen molar-refractivity contribution in [1.82, 2.24) is 29.6 Å². The summed E-state index contributed by atoms with van der Waals surface area (Å²) in [6.07, 6.45) is -0.459. The molecule has 0 radical (unpaired) electrons. The van der Waals surface area contributed by atoms with Crippen LogP contribution >= 0.6 is 10.0 Å². The molecule has 0 aliphatic heterocycles. The van der Waals surface area contributed by atoms with E-state index in [1.165, 1.54) is 28.3 Å². The van der Waals surface area contributed by atoms with E-state index in [-0.39, 0.29) is 23.7 Å². The van der Waals surface area contributed by atoms with Crippen molar-refractivity contribution in [2.24, 2.45) is 0 Å². The van der Waals surface area contributed by atoms with Crippen LogP contribution in [0.3, 0.4) is 0 Å². The van der Waals surface area contributed by atoms with Crippen molar-refractivity contribution < 1.29 is 31.1 Å². The first kappa shape index (κ1) is 26.4. The Morgan fingerprint density at radius 2 is 1.51 bits per heavy atom. The summed E-state index contributed by atoms with van der Waals surface area (Å²) in [6.45, 7) is 1.56. The Labute approximate surface area is 198 Å². The summed E-state index contributed by atoms with van der Waals surface area (Å²) in [5, 5.41) is 4.06. The predicted octanol–water partition coefficient (Wildman–Crippen LogP) is 4.95. The molecule has 1 aromatic carbocycles. The number of carbonyl (C=O) groups excluding carboxylic acids is 1. The van der Waals surface area contributed by atoms with E-state index >= 15 is 0 Å². The number of nitrogens with zero attached hydrogens (tertiary/aromatic N) is 6. The highest BCUT2D eigenvalue weighted by atomic mass is 32.3. The summed E-state index contributed by atoms with van der Waals surface area (Å²) in [6, 6.07) is 1.54. The fourth-order valence-corrected chi connectivity index (χ4v) is 4.41. The average molecular weight is 521 g/mol. The Morgan fingerprint density at radius 3 is 2.00 bits per heavy atom. The smallest absolute Gasteiger partial charge is 0.321 e. The molecule has 35 heavy (non-hydrogen) atoms. The molecule has 1 atom stereocenters. The second-order valence-corrected chi connectivity index (χ2v) is 13.0. The maximum atomic E-state index is 13.5. The number of carbonyl (C=O) groups is 1. The largest absolute Gasteiger partial charge is 0.416 e. The van der Waals surface area contributed by atoms with Crippen molar-refractivity contribution in [1.29, 1.82) is 0 Å². The van der Waals surface area contributed by atoms with E-state index < -0.39 is 51.0 Å². The van der Waals surface area contributed by atoms with Crippen molar-refractivity contribution >= 4 is 15.9 Å². The number of hydrogen-bond acceptors (Lipinski definition) is 5. The Kier molecular flexibility index (Phi) is 7.16. The number of amides is 1. The van der Waals surface area contributed by atoms with Crippen LogP contribution in [-0.2, 0) is 12.4 Å². The van der Waals surface area contributed by atoms with Gasteiger partial charge in [-0.05, 0) is 50.0 Å². The van der Waals surface area contributed by atoms with Crippen molar-refractivity contribution in [2.45, 2.75) is 25.3 Å². The zero-order valence-corrected chi connectivity index (χ0v) is 19.9. The quantitative estimate of drug-likeness (QED) is 0.430. The highest BCUT2D eigenvalue weighted by Crippen LogP contribution is 2.40. The Morgan fingerprint density at radius 1 is 0.971 bits per heavy atom. The Hall–Kier alpha value is -3.16. The predicted molar refractivity (Wildman–Crippen MR) is 118 cm³/mol. The first-order valence-corrected chi connectivity index (χ1v) is 13.0. The van der Waals surface area contributed by atoms with Gasteiger partial charge in [-0.15, -0.1) is 0 Å². The molecule has 1 unspecified atom stereocenters. The third-order valence-electron chi connectivity index (χ3n) is 4.78. The first-order valence-electron chi connectivity index (χ1n) is 10.0. The molecular weight excluding hydrogens is 498 g/mol. The molecule has 0 aliphatic rings. The van der Waals surface area contributed by atoms with Crippen molar-refractivity contribution in [3.8, 4) is 5.95 Å². The summed E-state index contributed by atoms with van der Waals surface area (Å²) in [5.41, 5.74) is -3.86. The van der Waals surface area contributed by atoms with Crippen LogP contribution in [0, 0.1) is 0 Å². The van der Waals surface area contributed by atoms with E-state index in [1.807, 2.05) is 18.8 Å². The van der Waals surface area contributed by atoms with Crippen LogP contribution in [0.2, 0.25) is 0 Å². The molecule has 2 heterocycles. The van der Waals surface area contributed by atoms with Gasteiger partial charge < -0.3 is 4.90 Å². The van der Waals surface area contributed by atoms with Gasteiger partial charge in [-0.3, -0.25) is 4.79 Å². The molecule has 0 N–H and O–H groups in total. The van der Waals surface area contributed by atoms with E-state index in [9.17, 15) is 31.1 Å². The maximum Gasteiger partial charge on any atom is 0.416 e. The minimum absolute atomic E-state index is 0.0110. The van der Waals surface area contributed by atoms with Gasteiger partial charge in [0.15, 0.2) is 5.82 Å². The standard InChI is InChI=1S/C21H22F6N6OS/c1-13(17-30-11-31-33(17)19-28-6-5-7-29-19)32(12-35(2,3)4)18(34)14-8-15(20(22,23)24)10-16(9-14)21(25,26)27/h5-11,13H,12H2,1-4H3. The van der Waals surface area contributed by atoms with Crippen LogP contribution < -0.4 is 0 Å². The van der Waals surface area contributed by atoms with Gasteiger partial charge in [0, 0.05) is 18.0 Å². The summed E-state index contributed by atoms with van der Waals surface area (Å²) in [4.78, 5) is 27.0. The number of alkyl halides is 6. The lowest BCUT2D eigenvalue weighted by Crippen LogP contribution is -2.37. The third kappa shape index (κ3) is 6.29. The molecule has 3 aromatic rings. The van der Waals surface area contributed by atoms with Gasteiger partial charge in [0.1, 0.15) is 6.33 Å². The fourth-order valence-electron chi connectivity index (χ4n) is 3.24. The number of rotatable bonds is 6. The molecule has 0 aliphatic carbocycles. The second-order valence-electron chi connectivity index (χ2n) is 8.54. The van der Waals surface area contributed by atoms with Gasteiger partial charge in [-0.25, -0.2) is 25.0 Å². The van der Waals surface area contributed by atoms with E-state index in [0.29, 0.717) is 12.1 Å². The van der Waals surface area contributed by atoms with E-state index in [0.717, 1.165) is 0 Å². The Balaban J connectivity index is 2.11. The van der Waals surface area contributed by atoms with Crippen molar-refractivity contribution in [3.63, 3.8) is 0 Å².